The van der Waals surface area contributed by atoms with Crippen molar-refractivity contribution in [3.8, 4) is 0 Å². The molecule has 0 atom stereocenters. The van der Waals surface area contributed by atoms with Crippen molar-refractivity contribution in [2.24, 2.45) is 7.05 Å². The van der Waals surface area contributed by atoms with Crippen LogP contribution in [0.4, 0.5) is 0 Å². The molecule has 3 nitrogen and oxygen atoms in total. The molecule has 1 heterocycles. The molecule has 0 bridgehead atoms. The third-order valence-corrected chi connectivity index (χ3v) is 3.57. The maximum Gasteiger partial charge on any atom is 0.199 e. The Balaban J connectivity index is 2.60. The van der Waals surface area contributed by atoms with Crippen LogP contribution in [0.1, 0.15) is 27.2 Å². The number of carbonyl (C=O) groups excluding carboxylic acids is 1. The first kappa shape index (κ1) is 13.1. The van der Waals surface area contributed by atoms with E-state index in [1.165, 1.54) is 0 Å². The van der Waals surface area contributed by atoms with Gasteiger partial charge in [-0.1, -0.05) is 29.3 Å². The summed E-state index contributed by atoms with van der Waals surface area (Å²) in [5, 5.41) is 4.91. The van der Waals surface area contributed by atoms with Gasteiger partial charge in [0.1, 0.15) is 0 Å². The lowest BCUT2D eigenvalue weighted by Crippen LogP contribution is -2.04. The highest BCUT2D eigenvalue weighted by molar-refractivity contribution is 6.41. The van der Waals surface area contributed by atoms with Gasteiger partial charge in [0.2, 0.25) is 0 Å². The molecule has 0 N–H and O–H groups in total. The van der Waals surface area contributed by atoms with E-state index in [0.717, 1.165) is 5.56 Å². The number of ketones is 1. The predicted molar refractivity (Wildman–Crippen MR) is 72.6 cm³/mol. The second-order valence-corrected chi connectivity index (χ2v) is 4.97. The first-order chi connectivity index (χ1) is 8.41. The molecule has 2 rings (SSSR count). The second kappa shape index (κ2) is 4.75. The fourth-order valence-corrected chi connectivity index (χ4v) is 2.36. The zero-order valence-corrected chi connectivity index (χ0v) is 11.8. The minimum Gasteiger partial charge on any atom is -0.288 e. The highest BCUT2D eigenvalue weighted by Crippen LogP contribution is 2.30. The molecule has 0 radical (unpaired) electrons. The third kappa shape index (κ3) is 2.16. The summed E-state index contributed by atoms with van der Waals surface area (Å²) < 4.78 is 1.60. The molecular weight excluding hydrogens is 271 g/mol. The van der Waals surface area contributed by atoms with E-state index in [2.05, 4.69) is 5.10 Å². The van der Waals surface area contributed by atoms with Crippen LogP contribution < -0.4 is 0 Å². The summed E-state index contributed by atoms with van der Waals surface area (Å²) in [5.74, 6) is -0.195. The Kier molecular flexibility index (Phi) is 3.46. The van der Waals surface area contributed by atoms with Crippen LogP contribution in [0.15, 0.2) is 18.3 Å². The first-order valence-corrected chi connectivity index (χ1v) is 6.17. The smallest absolute Gasteiger partial charge is 0.199 e. The summed E-state index contributed by atoms with van der Waals surface area (Å²) in [6.45, 7) is 3.62. The molecule has 18 heavy (non-hydrogen) atoms. The van der Waals surface area contributed by atoms with Gasteiger partial charge in [-0.2, -0.15) is 5.10 Å². The lowest BCUT2D eigenvalue weighted by atomic mass is 10.0. The van der Waals surface area contributed by atoms with Crippen LogP contribution >= 0.6 is 23.2 Å². The molecule has 0 aliphatic heterocycles. The number of hydrogen-bond acceptors (Lipinski definition) is 2. The van der Waals surface area contributed by atoms with Crippen molar-refractivity contribution in [3.63, 3.8) is 0 Å². The third-order valence-electron chi connectivity index (χ3n) is 2.77. The zero-order valence-electron chi connectivity index (χ0n) is 10.3. The van der Waals surface area contributed by atoms with Crippen LogP contribution in [0.25, 0.3) is 0 Å². The van der Waals surface area contributed by atoms with E-state index in [4.69, 9.17) is 23.2 Å². The van der Waals surface area contributed by atoms with Crippen molar-refractivity contribution < 1.29 is 4.79 Å². The average Bonchev–Trinajstić information content (AvgIpc) is 2.63. The second-order valence-electron chi connectivity index (χ2n) is 4.18. The monoisotopic (exact) mass is 282 g/mol. The van der Waals surface area contributed by atoms with Crippen LogP contribution in [0.2, 0.25) is 10.0 Å². The molecule has 0 unspecified atom stereocenters. The highest BCUT2D eigenvalue weighted by atomic mass is 35.5. The van der Waals surface area contributed by atoms with E-state index in [1.807, 2.05) is 6.92 Å². The largest absolute Gasteiger partial charge is 0.288 e. The molecule has 1 aromatic carbocycles. The van der Waals surface area contributed by atoms with E-state index in [9.17, 15) is 4.79 Å². The maximum atomic E-state index is 12.5. The Labute approximate surface area is 115 Å². The van der Waals surface area contributed by atoms with Gasteiger partial charge in [0.05, 0.1) is 26.9 Å². The average molecular weight is 283 g/mol. The molecule has 2 aromatic rings. The quantitative estimate of drug-likeness (QED) is 0.790. The Morgan fingerprint density at radius 3 is 2.50 bits per heavy atom. The normalized spacial score (nSPS) is 10.7. The standard InChI is InChI=1S/C13H12Cl2N2O/c1-7-4-5-10(14)11(12(7)15)13(18)9-6-17(3)16-8(9)2/h4-6H,1-3H3. The van der Waals surface area contributed by atoms with Gasteiger partial charge in [-0.15, -0.1) is 0 Å². The summed E-state index contributed by atoms with van der Waals surface area (Å²) in [6, 6.07) is 3.47. The van der Waals surface area contributed by atoms with Gasteiger partial charge in [0.25, 0.3) is 0 Å². The highest BCUT2D eigenvalue weighted by Gasteiger charge is 2.21. The van der Waals surface area contributed by atoms with Crippen LogP contribution in [-0.2, 0) is 7.05 Å². The van der Waals surface area contributed by atoms with Crippen molar-refractivity contribution >= 4 is 29.0 Å². The molecule has 5 heteroatoms. The number of nitrogens with zero attached hydrogens (tertiary/aromatic N) is 2. The number of aryl methyl sites for hydroxylation is 3. The number of rotatable bonds is 2. The number of hydrogen-bond donors (Lipinski definition) is 0. The number of aromatic nitrogens is 2. The predicted octanol–water partition coefficient (Wildman–Crippen LogP) is 3.57. The van der Waals surface area contributed by atoms with Crippen molar-refractivity contribution in [3.05, 3.63) is 50.8 Å². The summed E-state index contributed by atoms with van der Waals surface area (Å²) in [5.41, 5.74) is 2.35. The minimum absolute atomic E-state index is 0.195. The molecule has 0 amide bonds. The number of benzene rings is 1. The minimum atomic E-state index is -0.195. The molecule has 1 aromatic heterocycles. The fraction of sp³-hybridized carbons (Fsp3) is 0.231. The molecule has 0 fully saturated rings. The molecule has 0 aliphatic carbocycles. The summed E-state index contributed by atoms with van der Waals surface area (Å²) >= 11 is 12.2. The van der Waals surface area contributed by atoms with Gasteiger partial charge in [-0.25, -0.2) is 0 Å². The van der Waals surface area contributed by atoms with Crippen molar-refractivity contribution in [2.75, 3.05) is 0 Å². The van der Waals surface area contributed by atoms with Gasteiger partial charge in [-0.3, -0.25) is 9.48 Å². The molecule has 0 aliphatic rings. The molecule has 0 saturated heterocycles. The Morgan fingerprint density at radius 2 is 1.94 bits per heavy atom. The van der Waals surface area contributed by atoms with Gasteiger partial charge in [0.15, 0.2) is 5.78 Å². The van der Waals surface area contributed by atoms with E-state index in [0.29, 0.717) is 26.9 Å². The van der Waals surface area contributed by atoms with Gasteiger partial charge >= 0.3 is 0 Å². The van der Waals surface area contributed by atoms with Gasteiger partial charge < -0.3 is 0 Å². The number of halogens is 2. The summed E-state index contributed by atoms with van der Waals surface area (Å²) in [4.78, 5) is 12.5. The van der Waals surface area contributed by atoms with E-state index >= 15 is 0 Å². The SMILES string of the molecule is Cc1ccc(Cl)c(C(=O)c2cn(C)nc2C)c1Cl. The van der Waals surface area contributed by atoms with Crippen LogP contribution in [0.5, 0.6) is 0 Å². The molecule has 0 spiro atoms. The van der Waals surface area contributed by atoms with Crippen LogP contribution in [0, 0.1) is 13.8 Å². The van der Waals surface area contributed by atoms with Crippen LogP contribution in [0.3, 0.4) is 0 Å². The van der Waals surface area contributed by atoms with E-state index in [1.54, 1.807) is 37.0 Å². The van der Waals surface area contributed by atoms with E-state index < -0.39 is 0 Å². The van der Waals surface area contributed by atoms with Crippen molar-refractivity contribution in [1.82, 2.24) is 9.78 Å². The van der Waals surface area contributed by atoms with Crippen molar-refractivity contribution in [2.45, 2.75) is 13.8 Å². The summed E-state index contributed by atoms with van der Waals surface area (Å²) in [6.07, 6.45) is 1.67. The lowest BCUT2D eigenvalue weighted by molar-refractivity contribution is 0.103. The first-order valence-electron chi connectivity index (χ1n) is 5.41. The fourth-order valence-electron chi connectivity index (χ4n) is 1.82. The summed E-state index contributed by atoms with van der Waals surface area (Å²) in [7, 11) is 1.77. The lowest BCUT2D eigenvalue weighted by Gasteiger charge is -2.07. The Bertz CT molecular complexity index is 632. The Hall–Kier alpha value is -1.32. The van der Waals surface area contributed by atoms with Gasteiger partial charge in [0, 0.05) is 13.2 Å². The number of carbonyl (C=O) groups is 1. The molecular formula is C13H12Cl2N2O. The van der Waals surface area contributed by atoms with Gasteiger partial charge in [-0.05, 0) is 25.5 Å². The van der Waals surface area contributed by atoms with Crippen LogP contribution in [-0.4, -0.2) is 15.6 Å². The molecule has 0 saturated carbocycles. The zero-order chi connectivity index (χ0) is 13.4. The molecule has 94 valence electrons. The van der Waals surface area contributed by atoms with E-state index in [-0.39, 0.29) is 5.78 Å². The van der Waals surface area contributed by atoms with Crippen molar-refractivity contribution in [1.29, 1.82) is 0 Å². The maximum absolute atomic E-state index is 12.5. The Morgan fingerprint density at radius 1 is 1.28 bits per heavy atom. The topological polar surface area (TPSA) is 34.9 Å².